The predicted molar refractivity (Wildman–Crippen MR) is 155 cm³/mol. The molecule has 236 valence electrons. The molecule has 2 aliphatic rings. The van der Waals surface area contributed by atoms with E-state index in [4.69, 9.17) is 9.47 Å². The highest BCUT2D eigenvalue weighted by Gasteiger charge is 2.39. The van der Waals surface area contributed by atoms with Gasteiger partial charge in [0, 0.05) is 39.8 Å². The van der Waals surface area contributed by atoms with Gasteiger partial charge in [0.2, 0.25) is 11.8 Å². The lowest BCUT2D eigenvalue weighted by molar-refractivity contribution is -0.137. The molecule has 0 spiro atoms. The molecule has 1 atom stereocenters. The summed E-state index contributed by atoms with van der Waals surface area (Å²) in [6.45, 7) is 2.12. The van der Waals surface area contributed by atoms with Crippen LogP contribution in [-0.4, -0.2) is 70.8 Å². The third kappa shape index (κ3) is 11.5. The number of hydrogen-bond donors (Lipinski definition) is 4. The molecule has 1 unspecified atom stereocenters. The van der Waals surface area contributed by atoms with Crippen molar-refractivity contribution in [2.75, 3.05) is 53.0 Å². The molecule has 9 nitrogen and oxygen atoms in total. The molecule has 0 aliphatic carbocycles. The quantitative estimate of drug-likeness (QED) is 0.385. The van der Waals surface area contributed by atoms with E-state index in [0.29, 0.717) is 43.8 Å². The van der Waals surface area contributed by atoms with Crippen LogP contribution >= 0.6 is 0 Å². The Morgan fingerprint density at radius 3 is 2.53 bits per heavy atom. The van der Waals surface area contributed by atoms with Gasteiger partial charge in [-0.1, -0.05) is 30.3 Å². The Bertz CT molecular complexity index is 1190. The number of nitrogens with one attached hydrogen (secondary N) is 4. The van der Waals surface area contributed by atoms with E-state index in [1.165, 1.54) is 13.2 Å². The molecule has 2 heterocycles. The number of ether oxygens (including phenoxy) is 2. The van der Waals surface area contributed by atoms with Crippen molar-refractivity contribution in [1.82, 2.24) is 21.3 Å². The SMILES string of the molecule is COCCC1(C(=O)NCCc2cccc(C(F)(F)F)c2)CNC(=O)CCCNCCCNC(=O)COc2ccc(cc2)C1. The fourth-order valence-corrected chi connectivity index (χ4v) is 4.81. The number of hydrogen-bond acceptors (Lipinski definition) is 6. The van der Waals surface area contributed by atoms with Gasteiger partial charge in [-0.25, -0.2) is 0 Å². The zero-order valence-electron chi connectivity index (χ0n) is 24.5. The number of amides is 3. The number of fused-ring (bicyclic) bond motifs is 17. The van der Waals surface area contributed by atoms with Gasteiger partial charge >= 0.3 is 6.18 Å². The number of rotatable bonds is 7. The van der Waals surface area contributed by atoms with Gasteiger partial charge in [0.15, 0.2) is 6.61 Å². The maximum Gasteiger partial charge on any atom is 0.416 e. The van der Waals surface area contributed by atoms with E-state index in [-0.39, 0.29) is 63.3 Å². The van der Waals surface area contributed by atoms with Gasteiger partial charge < -0.3 is 30.7 Å². The molecule has 2 aromatic carbocycles. The van der Waals surface area contributed by atoms with Crippen LogP contribution in [0.4, 0.5) is 13.2 Å². The Morgan fingerprint density at radius 1 is 1.02 bits per heavy atom. The van der Waals surface area contributed by atoms with Gasteiger partial charge in [-0.05, 0) is 74.5 Å². The fourth-order valence-electron chi connectivity index (χ4n) is 4.81. The summed E-state index contributed by atoms with van der Waals surface area (Å²) in [5, 5.41) is 11.9. The third-order valence-corrected chi connectivity index (χ3v) is 7.29. The summed E-state index contributed by atoms with van der Waals surface area (Å²) in [7, 11) is 1.53. The largest absolute Gasteiger partial charge is 0.484 e. The molecule has 0 fully saturated rings. The van der Waals surface area contributed by atoms with E-state index in [2.05, 4.69) is 21.3 Å². The van der Waals surface area contributed by atoms with Crippen molar-refractivity contribution in [3.63, 3.8) is 0 Å². The van der Waals surface area contributed by atoms with Crippen molar-refractivity contribution in [2.45, 2.75) is 44.7 Å². The Morgan fingerprint density at radius 2 is 1.79 bits per heavy atom. The lowest BCUT2D eigenvalue weighted by Gasteiger charge is -2.33. The summed E-state index contributed by atoms with van der Waals surface area (Å²) < 4.78 is 50.4. The highest BCUT2D eigenvalue weighted by Crippen LogP contribution is 2.30. The summed E-state index contributed by atoms with van der Waals surface area (Å²) >= 11 is 0. The van der Waals surface area contributed by atoms with Crippen LogP contribution in [0.25, 0.3) is 0 Å². The first-order chi connectivity index (χ1) is 20.6. The average molecular weight is 607 g/mol. The zero-order valence-corrected chi connectivity index (χ0v) is 24.5. The number of benzene rings is 2. The van der Waals surface area contributed by atoms with Crippen LogP contribution in [0.5, 0.6) is 5.75 Å². The topological polar surface area (TPSA) is 118 Å². The number of alkyl halides is 3. The molecule has 4 rings (SSSR count). The molecule has 0 radical (unpaired) electrons. The molecule has 4 N–H and O–H groups in total. The summed E-state index contributed by atoms with van der Waals surface area (Å²) in [6.07, 6.45) is -2.10. The van der Waals surface area contributed by atoms with E-state index < -0.39 is 17.2 Å². The molecule has 0 saturated heterocycles. The smallest absolute Gasteiger partial charge is 0.416 e. The zero-order chi connectivity index (χ0) is 31.1. The monoisotopic (exact) mass is 606 g/mol. The first-order valence-corrected chi connectivity index (χ1v) is 14.5. The second-order valence-corrected chi connectivity index (χ2v) is 10.7. The van der Waals surface area contributed by atoms with Crippen LogP contribution in [-0.2, 0) is 38.1 Å². The molecule has 3 amide bonds. The van der Waals surface area contributed by atoms with Crippen molar-refractivity contribution in [3.8, 4) is 5.75 Å². The lowest BCUT2D eigenvalue weighted by Crippen LogP contribution is -2.51. The van der Waals surface area contributed by atoms with Crippen LogP contribution in [0, 0.1) is 5.41 Å². The summed E-state index contributed by atoms with van der Waals surface area (Å²) in [6, 6.07) is 12.1. The molecule has 2 aliphatic heterocycles. The molecule has 0 aromatic heterocycles. The van der Waals surface area contributed by atoms with Crippen LogP contribution in [0.2, 0.25) is 0 Å². The van der Waals surface area contributed by atoms with E-state index in [9.17, 15) is 27.6 Å². The minimum Gasteiger partial charge on any atom is -0.484 e. The number of methoxy groups -OCH3 is 1. The predicted octanol–water partition coefficient (Wildman–Crippen LogP) is 3.01. The van der Waals surface area contributed by atoms with Crippen molar-refractivity contribution in [3.05, 3.63) is 65.2 Å². The number of carbonyl (C=O) groups is 3. The van der Waals surface area contributed by atoms with Crippen LogP contribution < -0.4 is 26.0 Å². The number of carbonyl (C=O) groups excluding carboxylic acids is 3. The summed E-state index contributed by atoms with van der Waals surface area (Å²) in [5.41, 5.74) is -0.591. The molecule has 0 saturated carbocycles. The molecular weight excluding hydrogens is 565 g/mol. The van der Waals surface area contributed by atoms with E-state index in [1.54, 1.807) is 30.3 Å². The van der Waals surface area contributed by atoms with Gasteiger partial charge in [0.1, 0.15) is 5.75 Å². The molecule has 2 aromatic rings. The first-order valence-electron chi connectivity index (χ1n) is 14.5. The lowest BCUT2D eigenvalue weighted by atomic mass is 9.77. The van der Waals surface area contributed by atoms with Gasteiger partial charge in [0.25, 0.3) is 5.91 Å². The normalized spacial score (nSPS) is 19.5. The van der Waals surface area contributed by atoms with Gasteiger partial charge in [-0.15, -0.1) is 0 Å². The molecular formula is C31H41F3N4O5. The molecule has 12 heteroatoms. The van der Waals surface area contributed by atoms with Crippen molar-refractivity contribution in [1.29, 1.82) is 0 Å². The third-order valence-electron chi connectivity index (χ3n) is 7.29. The maximum absolute atomic E-state index is 13.8. The number of halogens is 3. The minimum absolute atomic E-state index is 0.0520. The van der Waals surface area contributed by atoms with Crippen molar-refractivity contribution < 1.29 is 37.0 Å². The fraction of sp³-hybridized carbons (Fsp3) is 0.516. The molecule has 2 bridgehead atoms. The van der Waals surface area contributed by atoms with Gasteiger partial charge in [0.05, 0.1) is 11.0 Å². The van der Waals surface area contributed by atoms with Crippen LogP contribution in [0.15, 0.2) is 48.5 Å². The Hall–Kier alpha value is -3.64. The minimum atomic E-state index is -4.45. The van der Waals surface area contributed by atoms with Gasteiger partial charge in [-0.3, -0.25) is 14.4 Å². The Balaban J connectivity index is 1.79. The summed E-state index contributed by atoms with van der Waals surface area (Å²) in [5.74, 6) is -0.254. The van der Waals surface area contributed by atoms with Crippen LogP contribution in [0.3, 0.4) is 0 Å². The maximum atomic E-state index is 13.8. The van der Waals surface area contributed by atoms with E-state index >= 15 is 0 Å². The highest BCUT2D eigenvalue weighted by atomic mass is 19.4. The van der Waals surface area contributed by atoms with Crippen LogP contribution in [0.1, 0.15) is 42.4 Å². The second-order valence-electron chi connectivity index (χ2n) is 10.7. The van der Waals surface area contributed by atoms with E-state index in [1.807, 2.05) is 0 Å². The second kappa shape index (κ2) is 16.9. The Kier molecular flexibility index (Phi) is 13.3. The van der Waals surface area contributed by atoms with Crippen molar-refractivity contribution >= 4 is 17.7 Å². The van der Waals surface area contributed by atoms with Gasteiger partial charge in [-0.2, -0.15) is 13.2 Å². The average Bonchev–Trinajstić information content (AvgIpc) is 2.98. The van der Waals surface area contributed by atoms with E-state index in [0.717, 1.165) is 24.1 Å². The van der Waals surface area contributed by atoms with Crippen molar-refractivity contribution in [2.24, 2.45) is 5.41 Å². The molecule has 43 heavy (non-hydrogen) atoms. The first kappa shape index (κ1) is 33.9. The standard InChI is InChI=1S/C31H41F3N4O5/c1-42-18-13-30(29(41)37-17-12-23-5-2-6-25(19-23)31(32,33)34)20-24-8-10-26(11-9-24)43-21-28(40)36-16-4-15-35-14-3-7-27(39)38-22-30/h2,5-6,8-11,19,35H,3-4,7,12-18,20-22H2,1H3,(H,36,40)(H,37,41)(H,38,39). The Labute approximate surface area is 250 Å². The summed E-state index contributed by atoms with van der Waals surface area (Å²) in [4.78, 5) is 38.7. The highest BCUT2D eigenvalue weighted by molar-refractivity contribution is 5.84.